The highest BCUT2D eigenvalue weighted by Gasteiger charge is 2.14. The van der Waals surface area contributed by atoms with Gasteiger partial charge in [-0.25, -0.2) is 0 Å². The summed E-state index contributed by atoms with van der Waals surface area (Å²) in [6, 6.07) is 5.37. The maximum Gasteiger partial charge on any atom is 0.311 e. The Hall–Kier alpha value is -2.04. The average molecular weight is 322 g/mol. The van der Waals surface area contributed by atoms with Crippen molar-refractivity contribution in [3.63, 3.8) is 0 Å². The van der Waals surface area contributed by atoms with Crippen molar-refractivity contribution < 1.29 is 23.8 Å². The highest BCUT2D eigenvalue weighted by Crippen LogP contribution is 2.28. The maximum atomic E-state index is 11.9. The molecule has 0 aliphatic rings. The van der Waals surface area contributed by atoms with Crippen LogP contribution in [0, 0.1) is 12.8 Å². The molecule has 0 aliphatic carbocycles. The first-order chi connectivity index (χ1) is 10.8. The van der Waals surface area contributed by atoms with Crippen LogP contribution in [0.2, 0.25) is 0 Å². The first-order valence-corrected chi connectivity index (χ1v) is 7.88. The van der Waals surface area contributed by atoms with Crippen LogP contribution in [0.4, 0.5) is 0 Å². The molecule has 23 heavy (non-hydrogen) atoms. The van der Waals surface area contributed by atoms with E-state index in [1.165, 1.54) is 7.11 Å². The van der Waals surface area contributed by atoms with E-state index in [1.54, 1.807) is 12.1 Å². The molecule has 1 aromatic rings. The zero-order chi connectivity index (χ0) is 17.4. The molecule has 0 fully saturated rings. The molecule has 0 saturated carbocycles. The molecule has 0 bridgehead atoms. The lowest BCUT2D eigenvalue weighted by atomic mass is 10.1. The van der Waals surface area contributed by atoms with E-state index < -0.39 is 5.97 Å². The smallest absolute Gasteiger partial charge is 0.311 e. The Bertz CT molecular complexity index is 536. The van der Waals surface area contributed by atoms with Crippen LogP contribution >= 0.6 is 0 Å². The van der Waals surface area contributed by atoms with Gasteiger partial charge in [0.1, 0.15) is 6.10 Å². The SMILES string of the molecule is COc1ccc(C)cc1OC(=O)CCCC(=O)OC(C)C(C)C. The zero-order valence-corrected chi connectivity index (χ0v) is 14.5. The van der Waals surface area contributed by atoms with Crippen LogP contribution in [0.15, 0.2) is 18.2 Å². The van der Waals surface area contributed by atoms with E-state index in [1.807, 2.05) is 33.8 Å². The largest absolute Gasteiger partial charge is 0.493 e. The average Bonchev–Trinajstić information content (AvgIpc) is 2.47. The molecule has 0 spiro atoms. The Labute approximate surface area is 137 Å². The molecule has 0 heterocycles. The van der Waals surface area contributed by atoms with E-state index in [0.717, 1.165) is 5.56 Å². The van der Waals surface area contributed by atoms with Crippen LogP contribution in [-0.4, -0.2) is 25.2 Å². The summed E-state index contributed by atoms with van der Waals surface area (Å²) in [7, 11) is 1.52. The monoisotopic (exact) mass is 322 g/mol. The van der Waals surface area contributed by atoms with Gasteiger partial charge in [0, 0.05) is 12.8 Å². The molecule has 5 heteroatoms. The summed E-state index contributed by atoms with van der Waals surface area (Å²) in [5, 5.41) is 0. The summed E-state index contributed by atoms with van der Waals surface area (Å²) in [5.74, 6) is 0.506. The van der Waals surface area contributed by atoms with E-state index in [-0.39, 0.29) is 30.8 Å². The summed E-state index contributed by atoms with van der Waals surface area (Å²) in [4.78, 5) is 23.5. The van der Waals surface area contributed by atoms with Crippen molar-refractivity contribution in [2.24, 2.45) is 5.92 Å². The number of methoxy groups -OCH3 is 1. The molecule has 0 saturated heterocycles. The Balaban J connectivity index is 2.40. The zero-order valence-electron chi connectivity index (χ0n) is 14.5. The fraction of sp³-hybridized carbons (Fsp3) is 0.556. The standard InChI is InChI=1S/C18H26O5/c1-12(2)14(4)22-17(19)7-6-8-18(20)23-16-11-13(3)9-10-15(16)21-5/h9-12,14H,6-8H2,1-5H3. The molecule has 1 atom stereocenters. The van der Waals surface area contributed by atoms with Crippen LogP contribution in [0.5, 0.6) is 11.5 Å². The van der Waals surface area contributed by atoms with Crippen LogP contribution in [-0.2, 0) is 14.3 Å². The van der Waals surface area contributed by atoms with Crippen LogP contribution in [0.3, 0.4) is 0 Å². The lowest BCUT2D eigenvalue weighted by molar-refractivity contribution is -0.150. The van der Waals surface area contributed by atoms with E-state index in [4.69, 9.17) is 14.2 Å². The lowest BCUT2D eigenvalue weighted by Gasteiger charge is -2.16. The van der Waals surface area contributed by atoms with Crippen LogP contribution in [0.25, 0.3) is 0 Å². The molecule has 1 aromatic carbocycles. The number of rotatable bonds is 8. The molecule has 128 valence electrons. The molecule has 0 radical (unpaired) electrons. The summed E-state index contributed by atoms with van der Waals surface area (Å²) in [6.45, 7) is 7.75. The van der Waals surface area contributed by atoms with Gasteiger partial charge >= 0.3 is 11.9 Å². The van der Waals surface area contributed by atoms with Crippen molar-refractivity contribution in [2.45, 2.75) is 53.1 Å². The Morgan fingerprint density at radius 3 is 2.30 bits per heavy atom. The number of hydrogen-bond acceptors (Lipinski definition) is 5. The van der Waals surface area contributed by atoms with Gasteiger partial charge in [-0.2, -0.15) is 0 Å². The van der Waals surface area contributed by atoms with Crippen LogP contribution < -0.4 is 9.47 Å². The summed E-state index contributed by atoms with van der Waals surface area (Å²) >= 11 is 0. The quantitative estimate of drug-likeness (QED) is 0.540. The van der Waals surface area contributed by atoms with Gasteiger partial charge in [-0.15, -0.1) is 0 Å². The third-order valence-electron chi connectivity index (χ3n) is 3.56. The first-order valence-electron chi connectivity index (χ1n) is 7.88. The molecule has 1 rings (SSSR count). The second kappa shape index (κ2) is 9.18. The third-order valence-corrected chi connectivity index (χ3v) is 3.56. The number of esters is 2. The predicted molar refractivity (Wildman–Crippen MR) is 87.6 cm³/mol. The molecular weight excluding hydrogens is 296 g/mol. The van der Waals surface area contributed by atoms with Gasteiger partial charge < -0.3 is 14.2 Å². The Morgan fingerprint density at radius 2 is 1.70 bits per heavy atom. The van der Waals surface area contributed by atoms with Gasteiger partial charge in [0.25, 0.3) is 0 Å². The normalized spacial score (nSPS) is 11.9. The van der Waals surface area contributed by atoms with Gasteiger partial charge in [0.05, 0.1) is 7.11 Å². The predicted octanol–water partition coefficient (Wildman–Crippen LogP) is 3.67. The molecule has 0 aromatic heterocycles. The maximum absolute atomic E-state index is 11.9. The number of aryl methyl sites for hydroxylation is 1. The molecule has 0 N–H and O–H groups in total. The minimum absolute atomic E-state index is 0.119. The van der Waals surface area contributed by atoms with Gasteiger partial charge in [0.2, 0.25) is 0 Å². The highest BCUT2D eigenvalue weighted by atomic mass is 16.6. The number of benzene rings is 1. The summed E-state index contributed by atoms with van der Waals surface area (Å²) in [5.41, 5.74) is 0.972. The third kappa shape index (κ3) is 6.72. The number of carbonyl (C=O) groups is 2. The van der Waals surface area contributed by atoms with Crippen molar-refractivity contribution in [3.8, 4) is 11.5 Å². The molecule has 0 amide bonds. The second-order valence-electron chi connectivity index (χ2n) is 5.92. The fourth-order valence-electron chi connectivity index (χ4n) is 1.82. The highest BCUT2D eigenvalue weighted by molar-refractivity contribution is 5.75. The van der Waals surface area contributed by atoms with E-state index in [0.29, 0.717) is 17.9 Å². The van der Waals surface area contributed by atoms with Gasteiger partial charge in [-0.3, -0.25) is 9.59 Å². The van der Waals surface area contributed by atoms with Crippen molar-refractivity contribution in [1.82, 2.24) is 0 Å². The first kappa shape index (κ1) is 19.0. The fourth-order valence-corrected chi connectivity index (χ4v) is 1.82. The molecular formula is C18H26O5. The van der Waals surface area contributed by atoms with E-state index >= 15 is 0 Å². The van der Waals surface area contributed by atoms with E-state index in [9.17, 15) is 9.59 Å². The molecule has 0 aliphatic heterocycles. The summed E-state index contributed by atoms with van der Waals surface area (Å²) in [6.07, 6.45) is 0.640. The topological polar surface area (TPSA) is 61.8 Å². The van der Waals surface area contributed by atoms with Gasteiger partial charge in [0.15, 0.2) is 11.5 Å². The van der Waals surface area contributed by atoms with Crippen molar-refractivity contribution in [2.75, 3.05) is 7.11 Å². The second-order valence-corrected chi connectivity index (χ2v) is 5.92. The van der Waals surface area contributed by atoms with Gasteiger partial charge in [-0.05, 0) is 43.9 Å². The number of carbonyl (C=O) groups excluding carboxylic acids is 2. The summed E-state index contributed by atoms with van der Waals surface area (Å²) < 4.78 is 15.7. The van der Waals surface area contributed by atoms with Crippen molar-refractivity contribution >= 4 is 11.9 Å². The van der Waals surface area contributed by atoms with E-state index in [2.05, 4.69) is 0 Å². The van der Waals surface area contributed by atoms with Crippen LogP contribution in [0.1, 0.15) is 45.6 Å². The minimum Gasteiger partial charge on any atom is -0.493 e. The Kier molecular flexibility index (Phi) is 7.59. The Morgan fingerprint density at radius 1 is 1.04 bits per heavy atom. The lowest BCUT2D eigenvalue weighted by Crippen LogP contribution is -2.20. The van der Waals surface area contributed by atoms with Crippen molar-refractivity contribution in [3.05, 3.63) is 23.8 Å². The minimum atomic E-state index is -0.390. The number of ether oxygens (including phenoxy) is 3. The molecule has 1 unspecified atom stereocenters. The molecule has 5 nitrogen and oxygen atoms in total. The van der Waals surface area contributed by atoms with Gasteiger partial charge in [-0.1, -0.05) is 19.9 Å². The number of hydrogen-bond donors (Lipinski definition) is 0. The van der Waals surface area contributed by atoms with Crippen molar-refractivity contribution in [1.29, 1.82) is 0 Å².